The molecule has 1 aromatic heterocycles. The smallest absolute Gasteiger partial charge is 0.251 e. The first kappa shape index (κ1) is 19.8. The van der Waals surface area contributed by atoms with E-state index in [0.29, 0.717) is 16.6 Å². The van der Waals surface area contributed by atoms with Crippen molar-refractivity contribution in [2.75, 3.05) is 18.8 Å². The van der Waals surface area contributed by atoms with Crippen molar-refractivity contribution in [2.24, 2.45) is 5.73 Å². The van der Waals surface area contributed by atoms with Crippen molar-refractivity contribution in [3.05, 3.63) is 53.2 Å². The van der Waals surface area contributed by atoms with Gasteiger partial charge in [-0.15, -0.1) is 0 Å². The van der Waals surface area contributed by atoms with Crippen LogP contribution < -0.4 is 5.73 Å². The summed E-state index contributed by atoms with van der Waals surface area (Å²) in [5.41, 5.74) is 8.15. The van der Waals surface area contributed by atoms with Crippen molar-refractivity contribution >= 4 is 28.8 Å². The summed E-state index contributed by atoms with van der Waals surface area (Å²) in [6.45, 7) is 4.09. The molecule has 0 unspecified atom stereocenters. The van der Waals surface area contributed by atoms with E-state index in [9.17, 15) is 13.6 Å². The number of nitrogens with zero attached hydrogens (tertiary/aromatic N) is 2. The van der Waals surface area contributed by atoms with Gasteiger partial charge in [-0.2, -0.15) is 5.10 Å². The third kappa shape index (κ3) is 4.00. The van der Waals surface area contributed by atoms with Crippen LogP contribution in [-0.4, -0.2) is 39.3 Å². The fourth-order valence-electron chi connectivity index (χ4n) is 3.98. The van der Waals surface area contributed by atoms with Crippen LogP contribution >= 0.6 is 11.9 Å². The van der Waals surface area contributed by atoms with Gasteiger partial charge in [0.2, 0.25) is 0 Å². The number of piperidine rings is 1. The highest BCUT2D eigenvalue weighted by molar-refractivity contribution is 7.96. The average Bonchev–Trinajstić information content (AvgIpc) is 3.11. The van der Waals surface area contributed by atoms with Gasteiger partial charge < -0.3 is 5.73 Å². The van der Waals surface area contributed by atoms with Crippen LogP contribution in [0.2, 0.25) is 0 Å². The van der Waals surface area contributed by atoms with Crippen LogP contribution in [0.15, 0.2) is 30.3 Å². The largest absolute Gasteiger partial charge is 0.366 e. The molecule has 152 valence electrons. The zero-order chi connectivity index (χ0) is 20.5. The lowest BCUT2D eigenvalue weighted by Crippen LogP contribution is -2.28. The number of aromatic nitrogens is 2. The maximum absolute atomic E-state index is 13.7. The highest BCUT2D eigenvalue weighted by atomic mass is 32.2. The second-order valence-electron chi connectivity index (χ2n) is 7.20. The van der Waals surface area contributed by atoms with Gasteiger partial charge in [-0.3, -0.25) is 14.2 Å². The molecule has 2 heterocycles. The Labute approximate surface area is 171 Å². The third-order valence-corrected chi connectivity index (χ3v) is 6.31. The van der Waals surface area contributed by atoms with E-state index in [1.807, 2.05) is 18.0 Å². The number of hydrogen-bond donors (Lipinski definition) is 2. The highest BCUT2D eigenvalue weighted by Crippen LogP contribution is 2.36. The zero-order valence-corrected chi connectivity index (χ0v) is 16.9. The average molecular weight is 416 g/mol. The number of nitrogens with one attached hydrogen (secondary N) is 1. The predicted octanol–water partition coefficient (Wildman–Crippen LogP) is 4.45. The summed E-state index contributed by atoms with van der Waals surface area (Å²) in [4.78, 5) is 12.0. The molecule has 4 rings (SSSR count). The molecule has 0 atom stereocenters. The molecule has 3 N–H and O–H groups in total. The number of nitrogens with two attached hydrogens (primary N) is 1. The Kier molecular flexibility index (Phi) is 5.56. The van der Waals surface area contributed by atoms with E-state index in [0.717, 1.165) is 48.8 Å². The Hall–Kier alpha value is -2.45. The standard InChI is InChI=1S/C21H22F2N4OS/c1-2-29-27-5-3-12(4-6-27)19-17-9-14(13-7-15(22)11-16(23)8-13)10-18(21(24)28)20(17)26-25-19/h7-12H,2-6H2,1H3,(H2,24,28)(H,25,26). The fourth-order valence-corrected chi connectivity index (χ4v) is 4.81. The Morgan fingerprint density at radius 3 is 2.45 bits per heavy atom. The molecule has 1 aliphatic heterocycles. The van der Waals surface area contributed by atoms with Crippen LogP contribution in [-0.2, 0) is 0 Å². The molecule has 1 amide bonds. The Balaban J connectivity index is 1.78. The van der Waals surface area contributed by atoms with Crippen molar-refractivity contribution in [1.82, 2.24) is 14.5 Å². The molecule has 8 heteroatoms. The first-order valence-corrected chi connectivity index (χ1v) is 10.6. The maximum atomic E-state index is 13.7. The number of carbonyl (C=O) groups excluding carboxylic acids is 1. The number of primary amides is 1. The number of rotatable bonds is 5. The van der Waals surface area contributed by atoms with Gasteiger partial charge in [-0.25, -0.2) is 8.78 Å². The quantitative estimate of drug-likeness (QED) is 0.603. The third-order valence-electron chi connectivity index (χ3n) is 5.32. The number of carbonyl (C=O) groups is 1. The summed E-state index contributed by atoms with van der Waals surface area (Å²) in [5, 5.41) is 8.22. The van der Waals surface area contributed by atoms with Crippen molar-refractivity contribution in [3.8, 4) is 11.1 Å². The molecule has 3 aromatic rings. The first-order valence-electron chi connectivity index (χ1n) is 9.62. The topological polar surface area (TPSA) is 75.0 Å². The summed E-state index contributed by atoms with van der Waals surface area (Å²) in [7, 11) is 0. The number of hydrogen-bond acceptors (Lipinski definition) is 4. The number of aromatic amines is 1. The monoisotopic (exact) mass is 416 g/mol. The van der Waals surface area contributed by atoms with Gasteiger partial charge in [0.05, 0.1) is 5.56 Å². The lowest BCUT2D eigenvalue weighted by atomic mass is 9.90. The summed E-state index contributed by atoms with van der Waals surface area (Å²) in [5.74, 6) is -0.648. The normalized spacial score (nSPS) is 15.8. The SMILES string of the molecule is CCSN1CCC(c2[nH]nc3c(C(N)=O)cc(-c4cc(F)cc(F)c4)cc23)CC1. The number of fused-ring (bicyclic) bond motifs is 1. The molecule has 29 heavy (non-hydrogen) atoms. The number of benzene rings is 2. The van der Waals surface area contributed by atoms with Crippen LogP contribution in [0.25, 0.3) is 22.0 Å². The van der Waals surface area contributed by atoms with Gasteiger partial charge in [-0.1, -0.05) is 18.9 Å². The van der Waals surface area contributed by atoms with Crippen LogP contribution in [0, 0.1) is 11.6 Å². The minimum atomic E-state index is -0.672. The minimum Gasteiger partial charge on any atom is -0.366 e. The first-order chi connectivity index (χ1) is 14.0. The van der Waals surface area contributed by atoms with Gasteiger partial charge in [0.15, 0.2) is 0 Å². The molecule has 0 bridgehead atoms. The van der Waals surface area contributed by atoms with Gasteiger partial charge in [-0.05, 0) is 48.2 Å². The van der Waals surface area contributed by atoms with Gasteiger partial charge in [0.25, 0.3) is 5.91 Å². The zero-order valence-electron chi connectivity index (χ0n) is 16.0. The molecule has 0 spiro atoms. The Bertz CT molecular complexity index is 1040. The molecule has 0 saturated carbocycles. The van der Waals surface area contributed by atoms with Crippen LogP contribution in [0.1, 0.15) is 41.7 Å². The number of amides is 1. The summed E-state index contributed by atoms with van der Waals surface area (Å²) < 4.78 is 29.8. The molecular weight excluding hydrogens is 394 g/mol. The van der Waals surface area contributed by atoms with E-state index in [4.69, 9.17) is 5.73 Å². The van der Waals surface area contributed by atoms with Crippen LogP contribution in [0.4, 0.5) is 8.78 Å². The van der Waals surface area contributed by atoms with Crippen molar-refractivity contribution in [3.63, 3.8) is 0 Å². The highest BCUT2D eigenvalue weighted by Gasteiger charge is 2.25. The lowest BCUT2D eigenvalue weighted by Gasteiger charge is -2.30. The van der Waals surface area contributed by atoms with Crippen molar-refractivity contribution in [1.29, 1.82) is 0 Å². The molecule has 1 saturated heterocycles. The fraction of sp³-hybridized carbons (Fsp3) is 0.333. The van der Waals surface area contributed by atoms with E-state index >= 15 is 0 Å². The molecule has 1 fully saturated rings. The second-order valence-corrected chi connectivity index (χ2v) is 8.55. The summed E-state index contributed by atoms with van der Waals surface area (Å²) >= 11 is 1.84. The van der Waals surface area contributed by atoms with E-state index in [1.54, 1.807) is 6.07 Å². The van der Waals surface area contributed by atoms with E-state index in [-0.39, 0.29) is 11.5 Å². The van der Waals surface area contributed by atoms with Crippen molar-refractivity contribution in [2.45, 2.75) is 25.7 Å². The summed E-state index contributed by atoms with van der Waals surface area (Å²) in [6.07, 6.45) is 1.93. The van der Waals surface area contributed by atoms with Crippen molar-refractivity contribution < 1.29 is 13.6 Å². The molecule has 0 radical (unpaired) electrons. The van der Waals surface area contributed by atoms with E-state index < -0.39 is 17.5 Å². The van der Waals surface area contributed by atoms with Crippen LogP contribution in [0.3, 0.4) is 0 Å². The van der Waals surface area contributed by atoms with E-state index in [1.165, 1.54) is 12.1 Å². The van der Waals surface area contributed by atoms with E-state index in [2.05, 4.69) is 21.4 Å². The van der Waals surface area contributed by atoms with Gasteiger partial charge >= 0.3 is 0 Å². The Morgan fingerprint density at radius 1 is 1.17 bits per heavy atom. The number of H-pyrrole nitrogens is 1. The van der Waals surface area contributed by atoms with Gasteiger partial charge in [0, 0.05) is 41.9 Å². The van der Waals surface area contributed by atoms with Gasteiger partial charge in [0.1, 0.15) is 17.2 Å². The molecule has 5 nitrogen and oxygen atoms in total. The molecule has 1 aliphatic rings. The lowest BCUT2D eigenvalue weighted by molar-refractivity contribution is 0.100. The molecular formula is C21H22F2N4OS. The molecule has 2 aromatic carbocycles. The summed E-state index contributed by atoms with van der Waals surface area (Å²) in [6, 6.07) is 6.69. The predicted molar refractivity (Wildman–Crippen MR) is 112 cm³/mol. The maximum Gasteiger partial charge on any atom is 0.251 e. The Morgan fingerprint density at radius 2 is 1.83 bits per heavy atom. The minimum absolute atomic E-state index is 0.239. The van der Waals surface area contributed by atoms with Crippen LogP contribution in [0.5, 0.6) is 0 Å². The second kappa shape index (κ2) is 8.12. The number of halogens is 2. The molecule has 0 aliphatic carbocycles.